The quantitative estimate of drug-likeness (QED) is 0.0241. The van der Waals surface area contributed by atoms with E-state index in [0.29, 0.717) is 6.42 Å². The van der Waals surface area contributed by atoms with Gasteiger partial charge in [-0.05, 0) is 64.2 Å². The first-order valence-electron chi connectivity index (χ1n) is 22.3. The summed E-state index contributed by atoms with van der Waals surface area (Å²) in [5, 5.41) is 12.7. The van der Waals surface area contributed by atoms with Gasteiger partial charge in [-0.2, -0.15) is 0 Å². The Balaban J connectivity index is 3.59. The van der Waals surface area contributed by atoms with Crippen molar-refractivity contribution in [3.63, 3.8) is 0 Å². The van der Waals surface area contributed by atoms with E-state index in [4.69, 9.17) is 13.8 Å². The summed E-state index contributed by atoms with van der Waals surface area (Å²) in [7, 11) is -4.42. The van der Waals surface area contributed by atoms with Gasteiger partial charge in [-0.1, -0.05) is 160 Å². The van der Waals surface area contributed by atoms with Crippen molar-refractivity contribution in [2.45, 2.75) is 219 Å². The molecule has 9 nitrogen and oxygen atoms in total. The minimum atomic E-state index is -4.42. The summed E-state index contributed by atoms with van der Waals surface area (Å²) in [5.74, 6) is -0.525. The number of allylic oxidation sites excluding steroid dienone is 4. The smallest absolute Gasteiger partial charge is 0.463 e. The number of aliphatic hydroxyl groups excluding tert-OH is 1. The topological polar surface area (TPSA) is 131 Å². The van der Waals surface area contributed by atoms with Gasteiger partial charge in [0.1, 0.15) is 12.7 Å². The van der Waals surface area contributed by atoms with Crippen LogP contribution in [0.2, 0.25) is 0 Å². The lowest BCUT2D eigenvalue weighted by molar-refractivity contribution is -0.147. The first-order valence-corrected chi connectivity index (χ1v) is 23.8. The number of rotatable bonds is 42. The molecule has 0 spiro atoms. The molecule has 0 aromatic heterocycles. The van der Waals surface area contributed by atoms with E-state index >= 15 is 0 Å². The van der Waals surface area contributed by atoms with Crippen molar-refractivity contribution < 1.29 is 37.9 Å². The van der Waals surface area contributed by atoms with Crippen molar-refractivity contribution in [3.8, 4) is 0 Å². The molecule has 3 N–H and O–H groups in total. The standard InChI is InChI=1S/C44H84NO8P/c1-3-5-7-9-11-13-15-17-19-20-21-23-24-26-28-30-32-34-36-43(47)45-38-39-52-54(49,50)53-41-42(46)40-51-44(48)37-35-33-31-29-27-25-22-18-16-14-12-10-8-6-4-2/h18-20,22,42,46H,3-17,21,23-41H2,1-2H3,(H,45,47)(H,49,50)/b20-19-,22-18-. The number of carbonyl (C=O) groups is 2. The lowest BCUT2D eigenvalue weighted by atomic mass is 10.1. The van der Waals surface area contributed by atoms with E-state index < -0.39 is 26.5 Å². The van der Waals surface area contributed by atoms with Gasteiger partial charge < -0.3 is 20.1 Å². The fraction of sp³-hybridized carbons (Fsp3) is 0.864. The summed E-state index contributed by atoms with van der Waals surface area (Å²) in [6.45, 7) is 3.55. The Bertz CT molecular complexity index is 944. The number of esters is 1. The Hall–Kier alpha value is -1.51. The molecule has 0 fully saturated rings. The van der Waals surface area contributed by atoms with E-state index in [1.165, 1.54) is 128 Å². The fourth-order valence-electron chi connectivity index (χ4n) is 6.19. The van der Waals surface area contributed by atoms with E-state index in [9.17, 15) is 24.2 Å². The number of phosphoric ester groups is 1. The molecule has 2 unspecified atom stereocenters. The van der Waals surface area contributed by atoms with Crippen LogP contribution in [0.3, 0.4) is 0 Å². The Morgan fingerprint density at radius 3 is 1.39 bits per heavy atom. The molecule has 0 rings (SSSR count). The predicted octanol–water partition coefficient (Wildman–Crippen LogP) is 12.4. The summed E-state index contributed by atoms with van der Waals surface area (Å²) < 4.78 is 26.9. The van der Waals surface area contributed by atoms with Gasteiger partial charge in [-0.3, -0.25) is 18.6 Å². The number of phosphoric acid groups is 1. The van der Waals surface area contributed by atoms with Crippen molar-refractivity contribution in [2.24, 2.45) is 0 Å². The van der Waals surface area contributed by atoms with Crippen LogP contribution in [0.1, 0.15) is 213 Å². The van der Waals surface area contributed by atoms with E-state index in [-0.39, 0.29) is 32.1 Å². The van der Waals surface area contributed by atoms with Crippen LogP contribution in [-0.4, -0.2) is 54.3 Å². The van der Waals surface area contributed by atoms with Crippen LogP contribution in [0.15, 0.2) is 24.3 Å². The van der Waals surface area contributed by atoms with Gasteiger partial charge in [-0.25, -0.2) is 4.57 Å². The van der Waals surface area contributed by atoms with Crippen LogP contribution in [0.4, 0.5) is 0 Å². The summed E-state index contributed by atoms with van der Waals surface area (Å²) in [4.78, 5) is 33.9. The summed E-state index contributed by atoms with van der Waals surface area (Å²) in [6.07, 6.45) is 43.9. The van der Waals surface area contributed by atoms with Crippen LogP contribution < -0.4 is 5.32 Å². The Morgan fingerprint density at radius 1 is 0.556 bits per heavy atom. The third-order valence-electron chi connectivity index (χ3n) is 9.60. The third kappa shape index (κ3) is 41.6. The Labute approximate surface area is 331 Å². The van der Waals surface area contributed by atoms with Gasteiger partial charge in [0.2, 0.25) is 5.91 Å². The van der Waals surface area contributed by atoms with Crippen molar-refractivity contribution in [3.05, 3.63) is 24.3 Å². The molecule has 0 saturated carbocycles. The zero-order valence-electron chi connectivity index (χ0n) is 34.9. The van der Waals surface area contributed by atoms with Gasteiger partial charge in [-0.15, -0.1) is 0 Å². The Morgan fingerprint density at radius 2 is 0.944 bits per heavy atom. The molecule has 1 amide bonds. The molecule has 0 aromatic carbocycles. The van der Waals surface area contributed by atoms with Gasteiger partial charge in [0.15, 0.2) is 0 Å². The van der Waals surface area contributed by atoms with Gasteiger partial charge >= 0.3 is 13.8 Å². The number of carbonyl (C=O) groups excluding carboxylic acids is 2. The summed E-state index contributed by atoms with van der Waals surface area (Å²) in [6, 6.07) is 0. The van der Waals surface area contributed by atoms with Crippen molar-refractivity contribution in [2.75, 3.05) is 26.4 Å². The zero-order valence-corrected chi connectivity index (χ0v) is 35.8. The number of aliphatic hydroxyl groups is 1. The average molecular weight is 786 g/mol. The van der Waals surface area contributed by atoms with Gasteiger partial charge in [0, 0.05) is 19.4 Å². The van der Waals surface area contributed by atoms with Crippen LogP contribution >= 0.6 is 7.82 Å². The minimum Gasteiger partial charge on any atom is -0.463 e. The number of amides is 1. The van der Waals surface area contributed by atoms with Crippen LogP contribution in [0, 0.1) is 0 Å². The first-order chi connectivity index (χ1) is 26.3. The van der Waals surface area contributed by atoms with Gasteiger partial charge in [0.25, 0.3) is 0 Å². The molecule has 0 saturated heterocycles. The van der Waals surface area contributed by atoms with E-state index in [1.54, 1.807) is 0 Å². The monoisotopic (exact) mass is 786 g/mol. The second-order valence-electron chi connectivity index (χ2n) is 15.0. The largest absolute Gasteiger partial charge is 0.472 e. The molecule has 0 heterocycles. The molecule has 0 bridgehead atoms. The molecule has 0 aromatic rings. The van der Waals surface area contributed by atoms with E-state index in [1.807, 2.05) is 0 Å². The highest BCUT2D eigenvalue weighted by Gasteiger charge is 2.23. The minimum absolute atomic E-state index is 0.0801. The van der Waals surface area contributed by atoms with Crippen molar-refractivity contribution in [1.29, 1.82) is 0 Å². The SMILES string of the molecule is CCCCCCCC/C=C\CCCCCCCC(=O)OCC(O)COP(=O)(O)OCCNC(=O)CCCCCCCCC/C=C\CCCCCCCCC. The molecular weight excluding hydrogens is 701 g/mol. The van der Waals surface area contributed by atoms with Gasteiger partial charge in [0.05, 0.1) is 13.2 Å². The maximum absolute atomic E-state index is 12.1. The molecular formula is C44H84NO8P. The lowest BCUT2D eigenvalue weighted by Crippen LogP contribution is -2.27. The first kappa shape index (κ1) is 52.5. The van der Waals surface area contributed by atoms with Crippen molar-refractivity contribution >= 4 is 19.7 Å². The second-order valence-corrected chi connectivity index (χ2v) is 16.5. The van der Waals surface area contributed by atoms with E-state index in [0.717, 1.165) is 57.8 Å². The molecule has 2 atom stereocenters. The second kappa shape index (κ2) is 41.1. The highest BCUT2D eigenvalue weighted by Crippen LogP contribution is 2.42. The Kier molecular flexibility index (Phi) is 40.0. The molecule has 0 aliphatic heterocycles. The summed E-state index contributed by atoms with van der Waals surface area (Å²) >= 11 is 0. The molecule has 0 radical (unpaired) electrons. The number of unbranched alkanes of at least 4 members (excludes halogenated alkanes) is 25. The van der Waals surface area contributed by atoms with Crippen LogP contribution in [0.25, 0.3) is 0 Å². The molecule has 54 heavy (non-hydrogen) atoms. The number of hydrogen-bond acceptors (Lipinski definition) is 7. The molecule has 0 aliphatic rings. The number of nitrogens with one attached hydrogen (secondary N) is 1. The van der Waals surface area contributed by atoms with Crippen LogP contribution in [-0.2, 0) is 27.9 Å². The maximum atomic E-state index is 12.1. The lowest BCUT2D eigenvalue weighted by Gasteiger charge is -2.15. The maximum Gasteiger partial charge on any atom is 0.472 e. The number of hydrogen-bond donors (Lipinski definition) is 3. The summed E-state index contributed by atoms with van der Waals surface area (Å²) in [5.41, 5.74) is 0. The average Bonchev–Trinajstić information content (AvgIpc) is 3.16. The predicted molar refractivity (Wildman–Crippen MR) is 224 cm³/mol. The molecule has 0 aliphatic carbocycles. The third-order valence-corrected chi connectivity index (χ3v) is 10.6. The number of ether oxygens (including phenoxy) is 1. The highest BCUT2D eigenvalue weighted by molar-refractivity contribution is 7.47. The zero-order chi connectivity index (χ0) is 39.6. The van der Waals surface area contributed by atoms with Crippen LogP contribution in [0.5, 0.6) is 0 Å². The molecule has 318 valence electrons. The van der Waals surface area contributed by atoms with E-state index in [2.05, 4.69) is 43.5 Å². The molecule has 10 heteroatoms. The fourth-order valence-corrected chi connectivity index (χ4v) is 6.95. The highest BCUT2D eigenvalue weighted by atomic mass is 31.2. The van der Waals surface area contributed by atoms with Crippen molar-refractivity contribution in [1.82, 2.24) is 5.32 Å². The normalized spacial score (nSPS) is 13.5.